The van der Waals surface area contributed by atoms with Crippen molar-refractivity contribution in [1.29, 1.82) is 0 Å². The van der Waals surface area contributed by atoms with Crippen molar-refractivity contribution >= 4 is 67.3 Å². The molecule has 180 valence electrons. The molecule has 1 saturated heterocycles. The topological polar surface area (TPSA) is 94.1 Å². The molecular formula is C25H21IN2O5S2. The third-order valence-electron chi connectivity index (χ3n) is 4.77. The lowest BCUT2D eigenvalue weighted by Crippen LogP contribution is -2.19. The lowest BCUT2D eigenvalue weighted by molar-refractivity contribution is -0.115. The number of benzene rings is 3. The number of hydrogen-bond acceptors (Lipinski definition) is 7. The SMILES string of the molecule is CCOc1cc(/C=C2\SC(=Nc3ccc(C)cc3)NC2=O)cc(I)c1OS(=O)(=O)c1ccccc1. The Morgan fingerprint density at radius 1 is 1.09 bits per heavy atom. The Morgan fingerprint density at radius 2 is 1.80 bits per heavy atom. The zero-order valence-electron chi connectivity index (χ0n) is 18.8. The molecule has 0 atom stereocenters. The second kappa shape index (κ2) is 10.8. The molecule has 1 N–H and O–H groups in total. The van der Waals surface area contributed by atoms with E-state index in [9.17, 15) is 13.2 Å². The molecule has 1 fully saturated rings. The molecule has 1 amide bonds. The fraction of sp³-hybridized carbons (Fsp3) is 0.120. The van der Waals surface area contributed by atoms with Crippen LogP contribution >= 0.6 is 34.4 Å². The van der Waals surface area contributed by atoms with Crippen molar-refractivity contribution in [1.82, 2.24) is 5.32 Å². The summed E-state index contributed by atoms with van der Waals surface area (Å²) in [5.74, 6) is 0.104. The lowest BCUT2D eigenvalue weighted by atomic mass is 10.2. The average Bonchev–Trinajstić information content (AvgIpc) is 3.17. The molecule has 4 rings (SSSR count). The maximum absolute atomic E-state index is 12.8. The van der Waals surface area contributed by atoms with Crippen LogP contribution < -0.4 is 14.2 Å². The Bertz CT molecular complexity index is 1420. The number of nitrogens with one attached hydrogen (secondary N) is 1. The van der Waals surface area contributed by atoms with E-state index in [4.69, 9.17) is 8.92 Å². The number of amides is 1. The van der Waals surface area contributed by atoms with Crippen LogP contribution in [0.1, 0.15) is 18.1 Å². The number of carbonyl (C=O) groups is 1. The maximum Gasteiger partial charge on any atom is 0.339 e. The summed E-state index contributed by atoms with van der Waals surface area (Å²) in [7, 11) is -4.04. The third kappa shape index (κ3) is 6.24. The molecule has 35 heavy (non-hydrogen) atoms. The predicted molar refractivity (Wildman–Crippen MR) is 147 cm³/mol. The predicted octanol–water partition coefficient (Wildman–Crippen LogP) is 5.66. The minimum absolute atomic E-state index is 0.0452. The van der Waals surface area contributed by atoms with Crippen LogP contribution in [0.2, 0.25) is 0 Å². The molecule has 0 aromatic heterocycles. The molecule has 0 spiro atoms. The fourth-order valence-electron chi connectivity index (χ4n) is 3.13. The van der Waals surface area contributed by atoms with Gasteiger partial charge in [-0.3, -0.25) is 4.79 Å². The minimum atomic E-state index is -4.04. The summed E-state index contributed by atoms with van der Waals surface area (Å²) in [6.07, 6.45) is 1.71. The van der Waals surface area contributed by atoms with Gasteiger partial charge in [-0.05, 0) is 96.2 Å². The summed E-state index contributed by atoms with van der Waals surface area (Å²) in [5, 5.41) is 3.26. The number of ether oxygens (including phenoxy) is 1. The second-order valence-electron chi connectivity index (χ2n) is 7.43. The van der Waals surface area contributed by atoms with Gasteiger partial charge in [0.1, 0.15) is 4.90 Å². The highest BCUT2D eigenvalue weighted by Crippen LogP contribution is 2.38. The van der Waals surface area contributed by atoms with Crippen molar-refractivity contribution in [2.75, 3.05) is 6.61 Å². The van der Waals surface area contributed by atoms with Crippen LogP contribution in [0.25, 0.3) is 6.08 Å². The first-order valence-corrected chi connectivity index (χ1v) is 13.9. The van der Waals surface area contributed by atoms with Crippen LogP contribution in [0.5, 0.6) is 11.5 Å². The molecule has 0 unspecified atom stereocenters. The van der Waals surface area contributed by atoms with E-state index >= 15 is 0 Å². The Labute approximate surface area is 221 Å². The van der Waals surface area contributed by atoms with E-state index < -0.39 is 10.1 Å². The maximum atomic E-state index is 12.8. The summed E-state index contributed by atoms with van der Waals surface area (Å²) in [4.78, 5) is 17.5. The lowest BCUT2D eigenvalue weighted by Gasteiger charge is -2.14. The number of hydrogen-bond donors (Lipinski definition) is 1. The van der Waals surface area contributed by atoms with Crippen molar-refractivity contribution in [3.63, 3.8) is 0 Å². The van der Waals surface area contributed by atoms with E-state index in [2.05, 4.69) is 10.3 Å². The zero-order chi connectivity index (χ0) is 25.0. The van der Waals surface area contributed by atoms with Crippen LogP contribution in [-0.4, -0.2) is 26.1 Å². The normalized spacial score (nSPS) is 15.9. The van der Waals surface area contributed by atoms with Gasteiger partial charge in [0.15, 0.2) is 16.7 Å². The van der Waals surface area contributed by atoms with Gasteiger partial charge in [0.2, 0.25) is 0 Å². The molecule has 3 aromatic rings. The van der Waals surface area contributed by atoms with E-state index in [-0.39, 0.29) is 22.3 Å². The Morgan fingerprint density at radius 3 is 2.49 bits per heavy atom. The van der Waals surface area contributed by atoms with Gasteiger partial charge in [-0.25, -0.2) is 4.99 Å². The molecule has 0 aliphatic carbocycles. The second-order valence-corrected chi connectivity index (χ2v) is 11.2. The van der Waals surface area contributed by atoms with Crippen LogP contribution in [0.3, 0.4) is 0 Å². The first kappa shape index (κ1) is 25.3. The summed E-state index contributed by atoms with van der Waals surface area (Å²) < 4.78 is 37.2. The molecule has 1 aliphatic heterocycles. The fourth-order valence-corrected chi connectivity index (χ4v) is 5.83. The molecule has 1 aliphatic rings. The largest absolute Gasteiger partial charge is 0.490 e. The van der Waals surface area contributed by atoms with Gasteiger partial charge in [-0.2, -0.15) is 8.42 Å². The van der Waals surface area contributed by atoms with Gasteiger partial charge >= 0.3 is 10.1 Å². The number of carbonyl (C=O) groups excluding carboxylic acids is 1. The smallest absolute Gasteiger partial charge is 0.339 e. The standard InChI is InChI=1S/C25H21IN2O5S2/c1-3-32-21-14-17(13-20(26)23(21)33-35(30,31)19-7-5-4-6-8-19)15-22-24(29)28-25(34-22)27-18-11-9-16(2)10-12-18/h4-15H,3H2,1-2H3,(H,27,28,29)/b22-15-. The van der Waals surface area contributed by atoms with Gasteiger partial charge in [0, 0.05) is 0 Å². The first-order chi connectivity index (χ1) is 16.7. The third-order valence-corrected chi connectivity index (χ3v) is 7.72. The van der Waals surface area contributed by atoms with Gasteiger partial charge in [-0.15, -0.1) is 0 Å². The molecule has 0 bridgehead atoms. The number of rotatable bonds is 7. The monoisotopic (exact) mass is 620 g/mol. The van der Waals surface area contributed by atoms with Gasteiger partial charge in [-0.1, -0.05) is 35.9 Å². The molecule has 0 radical (unpaired) electrons. The van der Waals surface area contributed by atoms with Crippen molar-refractivity contribution in [3.05, 3.63) is 86.3 Å². The molecular weight excluding hydrogens is 599 g/mol. The molecule has 0 saturated carbocycles. The first-order valence-electron chi connectivity index (χ1n) is 10.6. The molecule has 7 nitrogen and oxygen atoms in total. The van der Waals surface area contributed by atoms with Gasteiger partial charge < -0.3 is 14.2 Å². The summed E-state index contributed by atoms with van der Waals surface area (Å²) in [5.41, 5.74) is 2.53. The van der Waals surface area contributed by atoms with Crippen molar-refractivity contribution < 1.29 is 22.1 Å². The number of halogens is 1. The van der Waals surface area contributed by atoms with Crippen LogP contribution in [0, 0.1) is 10.5 Å². The highest BCUT2D eigenvalue weighted by atomic mass is 127. The van der Waals surface area contributed by atoms with Crippen molar-refractivity contribution in [2.45, 2.75) is 18.7 Å². The van der Waals surface area contributed by atoms with E-state index in [1.54, 1.807) is 43.3 Å². The molecule has 1 heterocycles. The van der Waals surface area contributed by atoms with Crippen molar-refractivity contribution in [2.24, 2.45) is 4.99 Å². The summed E-state index contributed by atoms with van der Waals surface area (Å²) >= 11 is 3.22. The average molecular weight is 620 g/mol. The quantitative estimate of drug-likeness (QED) is 0.208. The van der Waals surface area contributed by atoms with Crippen LogP contribution in [0.4, 0.5) is 5.69 Å². The Kier molecular flexibility index (Phi) is 7.82. The van der Waals surface area contributed by atoms with Crippen LogP contribution in [0.15, 0.2) is 81.5 Å². The molecule has 3 aromatic carbocycles. The van der Waals surface area contributed by atoms with Gasteiger partial charge in [0.05, 0.1) is 20.8 Å². The summed E-state index contributed by atoms with van der Waals surface area (Å²) in [6, 6.07) is 19.0. The molecule has 10 heteroatoms. The van der Waals surface area contributed by atoms with E-state index in [1.165, 1.54) is 23.9 Å². The van der Waals surface area contributed by atoms with E-state index in [0.29, 0.717) is 25.8 Å². The van der Waals surface area contributed by atoms with E-state index in [1.807, 2.05) is 53.8 Å². The summed E-state index contributed by atoms with van der Waals surface area (Å²) in [6.45, 7) is 4.09. The highest BCUT2D eigenvalue weighted by Gasteiger charge is 2.25. The number of aliphatic imine (C=N–C) groups is 1. The minimum Gasteiger partial charge on any atom is -0.490 e. The Balaban J connectivity index is 1.62. The van der Waals surface area contributed by atoms with E-state index in [0.717, 1.165) is 11.3 Å². The number of nitrogens with zero attached hydrogens (tertiary/aromatic N) is 1. The Hall–Kier alpha value is -2.83. The number of thioether (sulfide) groups is 1. The highest BCUT2D eigenvalue weighted by molar-refractivity contribution is 14.1. The van der Waals surface area contributed by atoms with Crippen molar-refractivity contribution in [3.8, 4) is 11.5 Å². The van der Waals surface area contributed by atoms with Crippen LogP contribution in [-0.2, 0) is 14.9 Å². The zero-order valence-corrected chi connectivity index (χ0v) is 22.6. The number of aryl methyl sites for hydroxylation is 1. The van der Waals surface area contributed by atoms with Gasteiger partial charge in [0.25, 0.3) is 5.91 Å². The number of amidine groups is 1.